The highest BCUT2D eigenvalue weighted by Gasteiger charge is 2.16. The third-order valence-corrected chi connectivity index (χ3v) is 7.18. The molecule has 1 aromatic carbocycles. The smallest absolute Gasteiger partial charge is 0.116 e. The van der Waals surface area contributed by atoms with E-state index in [1.54, 1.807) is 12.5 Å². The van der Waals surface area contributed by atoms with Crippen LogP contribution in [0.15, 0.2) is 78.1 Å². The lowest BCUT2D eigenvalue weighted by Crippen LogP contribution is -2.29. The van der Waals surface area contributed by atoms with Crippen LogP contribution in [0.3, 0.4) is 0 Å². The Bertz CT molecular complexity index is 1660. The van der Waals surface area contributed by atoms with Gasteiger partial charge in [0.05, 0.1) is 35.5 Å². The molecule has 6 aromatic rings. The van der Waals surface area contributed by atoms with E-state index in [0.29, 0.717) is 0 Å². The Labute approximate surface area is 208 Å². The van der Waals surface area contributed by atoms with Crippen molar-refractivity contribution in [1.29, 1.82) is 0 Å². The van der Waals surface area contributed by atoms with Gasteiger partial charge >= 0.3 is 0 Å². The molecule has 0 atom stereocenters. The molecule has 1 saturated heterocycles. The number of hydrogen-bond acceptors (Lipinski definition) is 5. The van der Waals surface area contributed by atoms with Crippen LogP contribution in [0.1, 0.15) is 24.8 Å². The molecular formula is C29H26N6O. The summed E-state index contributed by atoms with van der Waals surface area (Å²) in [4.78, 5) is 15.0. The molecule has 7 rings (SSSR count). The number of pyridine rings is 2. The summed E-state index contributed by atoms with van der Waals surface area (Å²) < 4.78 is 5.30. The van der Waals surface area contributed by atoms with Crippen LogP contribution in [0.4, 0.5) is 0 Å². The summed E-state index contributed by atoms with van der Waals surface area (Å²) in [6, 6.07) is 12.8. The fourth-order valence-electron chi connectivity index (χ4n) is 5.33. The minimum atomic E-state index is 0.888. The highest BCUT2D eigenvalue weighted by molar-refractivity contribution is 6.01. The van der Waals surface area contributed by atoms with E-state index in [1.807, 2.05) is 30.9 Å². The van der Waals surface area contributed by atoms with E-state index in [1.165, 1.54) is 37.9 Å². The van der Waals surface area contributed by atoms with Gasteiger partial charge in [-0.25, -0.2) is 0 Å². The molecule has 1 fully saturated rings. The molecule has 0 unspecified atom stereocenters. The SMILES string of the molecule is c1cc(-c2cncc3[nH]c(-c4n[nH]c5ccc(-c6cncc(CN7CCCCC7)c6)cc45)cc23)co1. The average molecular weight is 475 g/mol. The summed E-state index contributed by atoms with van der Waals surface area (Å²) in [6.07, 6.45) is 15.0. The van der Waals surface area contributed by atoms with E-state index >= 15 is 0 Å². The maximum Gasteiger partial charge on any atom is 0.116 e. The predicted molar refractivity (Wildman–Crippen MR) is 141 cm³/mol. The highest BCUT2D eigenvalue weighted by Crippen LogP contribution is 2.35. The molecule has 0 spiro atoms. The van der Waals surface area contributed by atoms with Crippen molar-refractivity contribution in [2.24, 2.45) is 0 Å². The fraction of sp³-hybridized carbons (Fsp3) is 0.207. The minimum Gasteiger partial charge on any atom is -0.472 e. The van der Waals surface area contributed by atoms with E-state index in [2.05, 4.69) is 60.4 Å². The van der Waals surface area contributed by atoms with Gasteiger partial charge in [0, 0.05) is 52.6 Å². The Morgan fingerprint density at radius 1 is 0.806 bits per heavy atom. The van der Waals surface area contributed by atoms with Crippen molar-refractivity contribution in [2.45, 2.75) is 25.8 Å². The Morgan fingerprint density at radius 2 is 1.72 bits per heavy atom. The maximum absolute atomic E-state index is 5.30. The first-order valence-corrected chi connectivity index (χ1v) is 12.5. The quantitative estimate of drug-likeness (QED) is 0.301. The molecule has 2 N–H and O–H groups in total. The summed E-state index contributed by atoms with van der Waals surface area (Å²) in [5.74, 6) is 0. The van der Waals surface area contributed by atoms with Crippen LogP contribution in [0.5, 0.6) is 0 Å². The van der Waals surface area contributed by atoms with Gasteiger partial charge in [-0.05, 0) is 67.4 Å². The van der Waals surface area contributed by atoms with Crippen molar-refractivity contribution in [3.05, 3.63) is 79.3 Å². The van der Waals surface area contributed by atoms with E-state index in [9.17, 15) is 0 Å². The van der Waals surface area contributed by atoms with E-state index in [0.717, 1.165) is 62.0 Å². The zero-order valence-corrected chi connectivity index (χ0v) is 19.9. The molecule has 5 aromatic heterocycles. The third-order valence-electron chi connectivity index (χ3n) is 7.18. The number of fused-ring (bicyclic) bond motifs is 2. The summed E-state index contributed by atoms with van der Waals surface area (Å²) in [7, 11) is 0. The van der Waals surface area contributed by atoms with Crippen molar-refractivity contribution in [3.63, 3.8) is 0 Å². The van der Waals surface area contributed by atoms with Crippen LogP contribution in [0.2, 0.25) is 0 Å². The predicted octanol–water partition coefficient (Wildman–Crippen LogP) is 6.41. The minimum absolute atomic E-state index is 0.888. The molecule has 1 aliphatic heterocycles. The lowest BCUT2D eigenvalue weighted by molar-refractivity contribution is 0.220. The Hall–Kier alpha value is -4.23. The van der Waals surface area contributed by atoms with Gasteiger partial charge in [0.25, 0.3) is 0 Å². The first kappa shape index (κ1) is 21.1. The second-order valence-corrected chi connectivity index (χ2v) is 9.59. The number of aromatic nitrogens is 5. The van der Waals surface area contributed by atoms with Gasteiger partial charge in [-0.1, -0.05) is 12.5 Å². The van der Waals surface area contributed by atoms with Crippen LogP contribution in [-0.2, 0) is 6.54 Å². The number of rotatable bonds is 5. The molecule has 0 bridgehead atoms. The van der Waals surface area contributed by atoms with Crippen molar-refractivity contribution in [3.8, 4) is 33.6 Å². The van der Waals surface area contributed by atoms with Crippen molar-refractivity contribution in [2.75, 3.05) is 13.1 Å². The lowest BCUT2D eigenvalue weighted by atomic mass is 10.0. The number of likely N-dealkylation sites (tertiary alicyclic amines) is 1. The lowest BCUT2D eigenvalue weighted by Gasteiger charge is -2.26. The first-order valence-electron chi connectivity index (χ1n) is 12.5. The fourth-order valence-corrected chi connectivity index (χ4v) is 5.33. The number of nitrogens with one attached hydrogen (secondary N) is 2. The summed E-state index contributed by atoms with van der Waals surface area (Å²) in [6.45, 7) is 3.32. The topological polar surface area (TPSA) is 86.6 Å². The van der Waals surface area contributed by atoms with Gasteiger partial charge in [-0.3, -0.25) is 20.0 Å². The molecule has 7 nitrogen and oxygen atoms in total. The Kier molecular flexibility index (Phi) is 5.14. The average Bonchev–Trinajstić information content (AvgIpc) is 3.68. The largest absolute Gasteiger partial charge is 0.472 e. The Morgan fingerprint density at radius 3 is 2.61 bits per heavy atom. The molecule has 0 saturated carbocycles. The Balaban J connectivity index is 1.26. The van der Waals surface area contributed by atoms with Gasteiger partial charge < -0.3 is 9.40 Å². The maximum atomic E-state index is 5.30. The number of furan rings is 1. The van der Waals surface area contributed by atoms with Crippen molar-refractivity contribution in [1.82, 2.24) is 30.0 Å². The van der Waals surface area contributed by atoms with Gasteiger partial charge in [-0.2, -0.15) is 5.10 Å². The number of aromatic amines is 2. The highest BCUT2D eigenvalue weighted by atomic mass is 16.3. The second kappa shape index (κ2) is 8.77. The number of benzene rings is 1. The van der Waals surface area contributed by atoms with Crippen LogP contribution in [0, 0.1) is 0 Å². The molecule has 178 valence electrons. The van der Waals surface area contributed by atoms with Gasteiger partial charge in [0.2, 0.25) is 0 Å². The zero-order valence-electron chi connectivity index (χ0n) is 19.9. The number of piperidine rings is 1. The van der Waals surface area contributed by atoms with E-state index in [-0.39, 0.29) is 0 Å². The summed E-state index contributed by atoms with van der Waals surface area (Å²) in [5, 5.41) is 10.0. The standard InChI is InChI=1S/C29H26N6O/c1-2-7-35(8-3-1)17-19-10-22(14-30-13-19)20-4-5-26-24(11-20)29(34-33-26)27-12-23-25(21-6-9-36-18-21)15-31-16-28(23)32-27/h4-6,9-16,18,32H,1-3,7-8,17H2,(H,33,34). The van der Waals surface area contributed by atoms with Crippen LogP contribution >= 0.6 is 0 Å². The molecule has 6 heterocycles. The van der Waals surface area contributed by atoms with Crippen LogP contribution < -0.4 is 0 Å². The third kappa shape index (κ3) is 3.78. The monoisotopic (exact) mass is 474 g/mol. The molecule has 0 aliphatic carbocycles. The molecule has 0 radical (unpaired) electrons. The number of H-pyrrole nitrogens is 2. The van der Waals surface area contributed by atoms with E-state index < -0.39 is 0 Å². The second-order valence-electron chi connectivity index (χ2n) is 9.59. The normalized spacial score (nSPS) is 14.7. The van der Waals surface area contributed by atoms with Crippen molar-refractivity contribution < 1.29 is 4.42 Å². The summed E-state index contributed by atoms with van der Waals surface area (Å²) in [5.41, 5.74) is 9.35. The summed E-state index contributed by atoms with van der Waals surface area (Å²) >= 11 is 0. The molecule has 7 heteroatoms. The first-order chi connectivity index (χ1) is 17.8. The van der Waals surface area contributed by atoms with Gasteiger partial charge in [0.15, 0.2) is 0 Å². The molecule has 0 amide bonds. The molecule has 36 heavy (non-hydrogen) atoms. The van der Waals surface area contributed by atoms with Crippen molar-refractivity contribution >= 4 is 21.8 Å². The zero-order chi connectivity index (χ0) is 23.9. The van der Waals surface area contributed by atoms with Crippen LogP contribution in [0.25, 0.3) is 55.4 Å². The molecular weight excluding hydrogens is 448 g/mol. The number of nitrogens with zero attached hydrogens (tertiary/aromatic N) is 4. The van der Waals surface area contributed by atoms with E-state index in [4.69, 9.17) is 4.42 Å². The number of hydrogen-bond donors (Lipinski definition) is 2. The van der Waals surface area contributed by atoms with Gasteiger partial charge in [-0.15, -0.1) is 0 Å². The van der Waals surface area contributed by atoms with Gasteiger partial charge in [0.1, 0.15) is 5.69 Å². The molecule has 1 aliphatic rings. The van der Waals surface area contributed by atoms with Crippen LogP contribution in [-0.4, -0.2) is 43.1 Å².